The van der Waals surface area contributed by atoms with Gasteiger partial charge in [0.05, 0.1) is 16.6 Å². The number of hydrogen-bond donors (Lipinski definition) is 3. The van der Waals surface area contributed by atoms with Crippen LogP contribution in [0.15, 0.2) is 64.9 Å². The highest BCUT2D eigenvalue weighted by atomic mass is 19.1. The molecule has 1 saturated heterocycles. The van der Waals surface area contributed by atoms with E-state index in [0.717, 1.165) is 12.3 Å². The van der Waals surface area contributed by atoms with E-state index in [-0.39, 0.29) is 48.0 Å². The molecule has 1 fully saturated rings. The Morgan fingerprint density at radius 3 is 2.53 bits per heavy atom. The van der Waals surface area contributed by atoms with E-state index in [0.29, 0.717) is 35.5 Å². The van der Waals surface area contributed by atoms with Crippen molar-refractivity contribution in [3.05, 3.63) is 99.1 Å². The number of nitrogens with one attached hydrogen (secondary N) is 1. The highest BCUT2D eigenvalue weighted by Crippen LogP contribution is 2.33. The summed E-state index contributed by atoms with van der Waals surface area (Å²) in [7, 11) is 0. The molecule has 2 aromatic carbocycles. The van der Waals surface area contributed by atoms with Gasteiger partial charge in [-0.2, -0.15) is 5.10 Å². The molecule has 2 aromatic heterocycles. The van der Waals surface area contributed by atoms with Crippen molar-refractivity contribution >= 4 is 34.2 Å². The van der Waals surface area contributed by atoms with Gasteiger partial charge in [-0.15, -0.1) is 0 Å². The van der Waals surface area contributed by atoms with Gasteiger partial charge in [0.2, 0.25) is 5.43 Å². The number of rotatable bonds is 8. The van der Waals surface area contributed by atoms with Crippen LogP contribution in [0.25, 0.3) is 10.9 Å². The molecule has 0 aliphatic carbocycles. The topological polar surface area (TPSA) is 140 Å². The maximum atomic E-state index is 16.0. The minimum Gasteiger partial charge on any atom is -0.507 e. The summed E-state index contributed by atoms with van der Waals surface area (Å²) in [6, 6.07) is 9.09. The number of aromatic hydroxyl groups is 1. The van der Waals surface area contributed by atoms with Crippen molar-refractivity contribution in [2.75, 3.05) is 24.5 Å². The van der Waals surface area contributed by atoms with Crippen LogP contribution in [0, 0.1) is 11.6 Å². The highest BCUT2D eigenvalue weighted by Gasteiger charge is 2.30. The van der Waals surface area contributed by atoms with E-state index in [4.69, 9.17) is 0 Å². The molecule has 0 bridgehead atoms. The zero-order chi connectivity index (χ0) is 32.4. The number of fused-ring (bicyclic) bond motifs is 1. The number of phenolic OH excluding ortho intramolecular Hbond substituents is 1. The summed E-state index contributed by atoms with van der Waals surface area (Å²) in [5, 5.41) is 24.3. The fourth-order valence-electron chi connectivity index (χ4n) is 5.59. The first-order valence-electron chi connectivity index (χ1n) is 14.3. The number of carbonyl (C=O) groups excluding carboxylic acids is 1. The Balaban J connectivity index is 1.34. The van der Waals surface area contributed by atoms with Crippen molar-refractivity contribution in [1.82, 2.24) is 19.9 Å². The Labute approximate surface area is 257 Å². The number of halogens is 2. The molecule has 1 aliphatic heterocycles. The molecule has 3 heterocycles. The molecule has 13 heteroatoms. The Kier molecular flexibility index (Phi) is 8.91. The molecule has 45 heavy (non-hydrogen) atoms. The van der Waals surface area contributed by atoms with Crippen LogP contribution >= 0.6 is 0 Å². The SMILES string of the molecule is CCn1cc(C(=O)O)c(=O)c2cc(F)c(N3CCN(Cc4cccc(/C(C)=N/NC(=O)c5ccncc5)c4O)C(C)C3)c(F)c21. The first kappa shape index (κ1) is 31.3. The van der Waals surface area contributed by atoms with Gasteiger partial charge < -0.3 is 19.7 Å². The van der Waals surface area contributed by atoms with Crippen molar-refractivity contribution in [2.45, 2.75) is 39.9 Å². The number of hydrogen-bond acceptors (Lipinski definition) is 8. The van der Waals surface area contributed by atoms with Crippen LogP contribution in [0.5, 0.6) is 5.75 Å². The second kappa shape index (κ2) is 12.8. The number of benzene rings is 2. The van der Waals surface area contributed by atoms with E-state index < -0.39 is 34.5 Å². The van der Waals surface area contributed by atoms with Crippen molar-refractivity contribution < 1.29 is 28.6 Å². The zero-order valence-corrected chi connectivity index (χ0v) is 24.9. The average molecular weight is 619 g/mol. The van der Waals surface area contributed by atoms with Crippen LogP contribution in [-0.2, 0) is 13.1 Å². The van der Waals surface area contributed by atoms with Gasteiger partial charge in [-0.05, 0) is 45.0 Å². The maximum absolute atomic E-state index is 16.0. The molecule has 0 saturated carbocycles. The summed E-state index contributed by atoms with van der Waals surface area (Å²) in [4.78, 5) is 44.1. The number of nitrogens with zero attached hydrogens (tertiary/aromatic N) is 5. The van der Waals surface area contributed by atoms with Gasteiger partial charge in [0.1, 0.15) is 22.8 Å². The molecule has 5 rings (SSSR count). The number of carboxylic acid groups (broad SMARTS) is 1. The van der Waals surface area contributed by atoms with Gasteiger partial charge in [-0.25, -0.2) is 19.0 Å². The number of carboxylic acids is 1. The second-order valence-corrected chi connectivity index (χ2v) is 10.8. The van der Waals surface area contributed by atoms with Gasteiger partial charge in [0.25, 0.3) is 5.91 Å². The standard InChI is InChI=1S/C32H32F2N6O5/c1-4-38-17-24(32(44)45)30(42)23-14-25(33)28(26(34)27(23)38)40-13-12-39(18(2)15-40)16-21-6-5-7-22(29(21)41)19(3)36-37-31(43)20-8-10-35-11-9-20/h5-11,14,17-18,41H,4,12-13,15-16H2,1-3H3,(H,37,43)(H,44,45)/b36-19+. The van der Waals surface area contributed by atoms with Gasteiger partial charge >= 0.3 is 5.97 Å². The Bertz CT molecular complexity index is 1880. The molecule has 1 atom stereocenters. The van der Waals surface area contributed by atoms with E-state index in [1.165, 1.54) is 17.0 Å². The molecule has 4 aromatic rings. The predicted molar refractivity (Wildman–Crippen MR) is 165 cm³/mol. The fourth-order valence-corrected chi connectivity index (χ4v) is 5.59. The highest BCUT2D eigenvalue weighted by molar-refractivity contribution is 6.03. The monoisotopic (exact) mass is 618 g/mol. The molecular formula is C32H32F2N6O5. The lowest BCUT2D eigenvalue weighted by molar-refractivity contribution is 0.0694. The summed E-state index contributed by atoms with van der Waals surface area (Å²) >= 11 is 0. The third kappa shape index (κ3) is 6.11. The van der Waals surface area contributed by atoms with Crippen molar-refractivity contribution in [3.63, 3.8) is 0 Å². The van der Waals surface area contributed by atoms with Gasteiger partial charge in [0.15, 0.2) is 5.82 Å². The summed E-state index contributed by atoms with van der Waals surface area (Å²) in [6.07, 6.45) is 4.08. The van der Waals surface area contributed by atoms with E-state index in [9.17, 15) is 24.6 Å². The summed E-state index contributed by atoms with van der Waals surface area (Å²) in [5.74, 6) is -3.74. The zero-order valence-electron chi connectivity index (χ0n) is 24.9. The normalized spacial score (nSPS) is 15.8. The summed E-state index contributed by atoms with van der Waals surface area (Å²) in [6.45, 7) is 6.70. The molecule has 234 valence electrons. The Morgan fingerprint density at radius 1 is 1.13 bits per heavy atom. The molecule has 0 radical (unpaired) electrons. The minimum absolute atomic E-state index is 0.0106. The summed E-state index contributed by atoms with van der Waals surface area (Å²) in [5.41, 5.74) is 2.42. The number of pyridine rings is 2. The van der Waals surface area contributed by atoms with E-state index >= 15 is 8.78 Å². The number of anilines is 1. The number of carbonyl (C=O) groups is 2. The van der Waals surface area contributed by atoms with Gasteiger partial charge in [-0.1, -0.05) is 12.1 Å². The number of amides is 1. The third-order valence-electron chi connectivity index (χ3n) is 8.03. The lowest BCUT2D eigenvalue weighted by atomic mass is 10.0. The molecule has 1 amide bonds. The van der Waals surface area contributed by atoms with Crippen LogP contribution in [0.4, 0.5) is 14.5 Å². The molecular weight excluding hydrogens is 586 g/mol. The number of aromatic nitrogens is 2. The van der Waals surface area contributed by atoms with Crippen molar-refractivity contribution in [1.29, 1.82) is 0 Å². The Morgan fingerprint density at radius 2 is 1.87 bits per heavy atom. The molecule has 3 N–H and O–H groups in total. The Hall–Kier alpha value is -5.17. The van der Waals surface area contributed by atoms with Crippen LogP contribution in [0.1, 0.15) is 52.6 Å². The first-order valence-corrected chi connectivity index (χ1v) is 14.3. The van der Waals surface area contributed by atoms with Crippen LogP contribution < -0.4 is 15.8 Å². The number of para-hydroxylation sites is 1. The lowest BCUT2D eigenvalue weighted by Gasteiger charge is -2.41. The minimum atomic E-state index is -1.47. The first-order chi connectivity index (χ1) is 21.5. The van der Waals surface area contributed by atoms with E-state index in [1.54, 1.807) is 49.1 Å². The molecule has 11 nitrogen and oxygen atoms in total. The number of piperazine rings is 1. The largest absolute Gasteiger partial charge is 0.507 e. The number of aromatic carboxylic acids is 1. The van der Waals surface area contributed by atoms with Gasteiger partial charge in [0, 0.05) is 74.0 Å². The fraction of sp³-hybridized carbons (Fsp3) is 0.281. The van der Waals surface area contributed by atoms with Crippen LogP contribution in [-0.4, -0.2) is 67.9 Å². The van der Waals surface area contributed by atoms with Gasteiger partial charge in [-0.3, -0.25) is 19.5 Å². The smallest absolute Gasteiger partial charge is 0.341 e. The van der Waals surface area contributed by atoms with Crippen molar-refractivity contribution in [3.8, 4) is 5.75 Å². The van der Waals surface area contributed by atoms with E-state index in [2.05, 4.69) is 20.4 Å². The number of hydrazone groups is 1. The second-order valence-electron chi connectivity index (χ2n) is 10.8. The molecule has 1 unspecified atom stereocenters. The average Bonchev–Trinajstić information content (AvgIpc) is 3.02. The molecule has 0 spiro atoms. The predicted octanol–water partition coefficient (Wildman–Crippen LogP) is 3.96. The number of phenols is 1. The third-order valence-corrected chi connectivity index (χ3v) is 8.03. The van der Waals surface area contributed by atoms with Crippen LogP contribution in [0.2, 0.25) is 0 Å². The maximum Gasteiger partial charge on any atom is 0.341 e. The number of aryl methyl sites for hydroxylation is 1. The quantitative estimate of drug-likeness (QED) is 0.199. The lowest BCUT2D eigenvalue weighted by Crippen LogP contribution is -2.52. The van der Waals surface area contributed by atoms with E-state index in [1.807, 2.05) is 6.92 Å². The van der Waals surface area contributed by atoms with Crippen molar-refractivity contribution in [2.24, 2.45) is 5.10 Å². The molecule has 1 aliphatic rings. The van der Waals surface area contributed by atoms with Crippen LogP contribution in [0.3, 0.4) is 0 Å². The summed E-state index contributed by atoms with van der Waals surface area (Å²) < 4.78 is 32.7.